The van der Waals surface area contributed by atoms with Gasteiger partial charge in [-0.2, -0.15) is 11.8 Å². The van der Waals surface area contributed by atoms with E-state index >= 15 is 0 Å². The van der Waals surface area contributed by atoms with Crippen LogP contribution in [0.1, 0.15) is 26.2 Å². The lowest BCUT2D eigenvalue weighted by Gasteiger charge is -2.30. The molecule has 0 unspecified atom stereocenters. The van der Waals surface area contributed by atoms with Crippen molar-refractivity contribution in [2.75, 3.05) is 38.2 Å². The molecule has 0 radical (unpaired) electrons. The quantitative estimate of drug-likeness (QED) is 0.770. The minimum Gasteiger partial charge on any atom is -0.342 e. The van der Waals surface area contributed by atoms with Crippen LogP contribution in [0.2, 0.25) is 0 Å². The van der Waals surface area contributed by atoms with Gasteiger partial charge in [-0.05, 0) is 44.5 Å². The van der Waals surface area contributed by atoms with Gasteiger partial charge in [-0.3, -0.25) is 4.79 Å². The van der Waals surface area contributed by atoms with Crippen LogP contribution in [0.15, 0.2) is 0 Å². The van der Waals surface area contributed by atoms with Crippen LogP contribution in [0.4, 0.5) is 0 Å². The summed E-state index contributed by atoms with van der Waals surface area (Å²) in [6.07, 6.45) is 5.48. The first-order chi connectivity index (χ1) is 7.77. The third-order valence-corrected chi connectivity index (χ3v) is 3.59. The number of hydrogen-bond acceptors (Lipinski definition) is 3. The molecule has 3 nitrogen and oxygen atoms in total. The van der Waals surface area contributed by atoms with Gasteiger partial charge in [0.25, 0.3) is 0 Å². The molecule has 0 aliphatic carbocycles. The molecule has 0 aromatic rings. The molecule has 0 saturated carbocycles. The summed E-state index contributed by atoms with van der Waals surface area (Å²) in [5, 5.41) is 3.37. The van der Waals surface area contributed by atoms with Crippen LogP contribution >= 0.6 is 11.8 Å². The van der Waals surface area contributed by atoms with Crippen LogP contribution in [-0.2, 0) is 4.79 Å². The normalized spacial score (nSPS) is 17.4. The lowest BCUT2D eigenvalue weighted by molar-refractivity contribution is -0.129. The van der Waals surface area contributed by atoms with E-state index in [-0.39, 0.29) is 0 Å². The van der Waals surface area contributed by atoms with Gasteiger partial charge in [-0.1, -0.05) is 6.92 Å². The topological polar surface area (TPSA) is 32.3 Å². The number of carbonyl (C=O) groups excluding carboxylic acids is 1. The molecule has 94 valence electrons. The molecule has 0 aromatic heterocycles. The molecular formula is C12H24N2OS. The van der Waals surface area contributed by atoms with Gasteiger partial charge >= 0.3 is 0 Å². The number of hydrogen-bond donors (Lipinski definition) is 1. The Kier molecular flexibility index (Phi) is 6.88. The maximum Gasteiger partial charge on any atom is 0.232 e. The van der Waals surface area contributed by atoms with E-state index in [0.29, 0.717) is 17.6 Å². The number of thioether (sulfide) groups is 1. The second-order valence-corrected chi connectivity index (χ2v) is 5.33. The molecular weight excluding hydrogens is 220 g/mol. The van der Waals surface area contributed by atoms with E-state index in [1.54, 1.807) is 11.8 Å². The smallest absolute Gasteiger partial charge is 0.232 e. The molecule has 0 spiro atoms. The zero-order valence-corrected chi connectivity index (χ0v) is 11.3. The van der Waals surface area contributed by atoms with Crippen LogP contribution in [0.5, 0.6) is 0 Å². The number of nitrogens with one attached hydrogen (secondary N) is 1. The van der Waals surface area contributed by atoms with Crippen LogP contribution in [0, 0.1) is 5.92 Å². The molecule has 0 atom stereocenters. The fourth-order valence-electron chi connectivity index (χ4n) is 2.18. The summed E-state index contributed by atoms with van der Waals surface area (Å²) in [4.78, 5) is 14.0. The van der Waals surface area contributed by atoms with Crippen molar-refractivity contribution in [3.63, 3.8) is 0 Å². The van der Waals surface area contributed by atoms with E-state index in [0.717, 1.165) is 32.6 Å². The minimum atomic E-state index is 0.313. The summed E-state index contributed by atoms with van der Waals surface area (Å²) in [5.74, 6) is 1.65. The fourth-order valence-corrected chi connectivity index (χ4v) is 2.61. The molecule has 1 aliphatic rings. The highest BCUT2D eigenvalue weighted by molar-refractivity contribution is 7.99. The summed E-state index contributed by atoms with van der Waals surface area (Å²) in [6.45, 7) is 6.25. The van der Waals surface area contributed by atoms with E-state index in [1.165, 1.54) is 12.8 Å². The number of carbonyl (C=O) groups is 1. The lowest BCUT2D eigenvalue weighted by atomic mass is 9.97. The van der Waals surface area contributed by atoms with E-state index in [1.807, 2.05) is 6.26 Å². The predicted octanol–water partition coefficient (Wildman–Crippen LogP) is 1.59. The highest BCUT2D eigenvalue weighted by Gasteiger charge is 2.19. The molecule has 1 rings (SSSR count). The molecule has 1 heterocycles. The van der Waals surface area contributed by atoms with Crippen LogP contribution < -0.4 is 5.32 Å². The SMILES string of the molecule is CCCN(CC1CCNCC1)C(=O)CSC. The Bertz CT molecular complexity index is 205. The summed E-state index contributed by atoms with van der Waals surface area (Å²) in [5.41, 5.74) is 0. The monoisotopic (exact) mass is 244 g/mol. The Labute approximate surface area is 103 Å². The highest BCUT2D eigenvalue weighted by Crippen LogP contribution is 2.14. The van der Waals surface area contributed by atoms with E-state index in [4.69, 9.17) is 0 Å². The molecule has 4 heteroatoms. The Balaban J connectivity index is 2.39. The van der Waals surface area contributed by atoms with Gasteiger partial charge in [0.05, 0.1) is 5.75 Å². The fraction of sp³-hybridized carbons (Fsp3) is 0.917. The third kappa shape index (κ3) is 4.74. The van der Waals surface area contributed by atoms with Crippen molar-refractivity contribution >= 4 is 17.7 Å². The Hall–Kier alpha value is -0.220. The van der Waals surface area contributed by atoms with E-state index in [2.05, 4.69) is 17.1 Å². The Morgan fingerprint density at radius 3 is 2.69 bits per heavy atom. The first-order valence-corrected chi connectivity index (χ1v) is 7.64. The number of piperidine rings is 1. The summed E-state index contributed by atoms with van der Waals surface area (Å²) >= 11 is 1.62. The van der Waals surface area contributed by atoms with Crippen molar-refractivity contribution in [3.05, 3.63) is 0 Å². The van der Waals surface area contributed by atoms with Crippen LogP contribution in [0.3, 0.4) is 0 Å². The van der Waals surface area contributed by atoms with Crippen molar-refractivity contribution < 1.29 is 4.79 Å². The minimum absolute atomic E-state index is 0.313. The summed E-state index contributed by atoms with van der Waals surface area (Å²) in [6, 6.07) is 0. The summed E-state index contributed by atoms with van der Waals surface area (Å²) in [7, 11) is 0. The van der Waals surface area contributed by atoms with E-state index < -0.39 is 0 Å². The average molecular weight is 244 g/mol. The van der Waals surface area contributed by atoms with Gasteiger partial charge in [0.2, 0.25) is 5.91 Å². The standard InChI is InChI=1S/C12H24N2OS/c1-3-8-14(12(15)10-16-2)9-11-4-6-13-7-5-11/h11,13H,3-10H2,1-2H3. The molecule has 1 aliphatic heterocycles. The van der Waals surface area contributed by atoms with Crippen LogP contribution in [-0.4, -0.2) is 49.0 Å². The molecule has 16 heavy (non-hydrogen) atoms. The lowest BCUT2D eigenvalue weighted by Crippen LogP contribution is -2.40. The second-order valence-electron chi connectivity index (χ2n) is 4.47. The van der Waals surface area contributed by atoms with Crippen molar-refractivity contribution in [1.82, 2.24) is 10.2 Å². The number of rotatable bonds is 6. The first-order valence-electron chi connectivity index (χ1n) is 6.25. The van der Waals surface area contributed by atoms with Gasteiger partial charge in [-0.25, -0.2) is 0 Å². The zero-order valence-electron chi connectivity index (χ0n) is 10.5. The second kappa shape index (κ2) is 7.96. The molecule has 1 fully saturated rings. The number of nitrogens with zero attached hydrogens (tertiary/aromatic N) is 1. The maximum atomic E-state index is 11.9. The largest absolute Gasteiger partial charge is 0.342 e. The van der Waals surface area contributed by atoms with Gasteiger partial charge < -0.3 is 10.2 Å². The van der Waals surface area contributed by atoms with Gasteiger partial charge in [-0.15, -0.1) is 0 Å². The van der Waals surface area contributed by atoms with Crippen molar-refractivity contribution in [2.24, 2.45) is 5.92 Å². The maximum absolute atomic E-state index is 11.9. The Morgan fingerprint density at radius 2 is 2.12 bits per heavy atom. The van der Waals surface area contributed by atoms with Crippen molar-refractivity contribution in [3.8, 4) is 0 Å². The molecule has 1 N–H and O–H groups in total. The molecule has 1 saturated heterocycles. The van der Waals surface area contributed by atoms with Crippen molar-refractivity contribution in [2.45, 2.75) is 26.2 Å². The molecule has 0 aromatic carbocycles. The van der Waals surface area contributed by atoms with Crippen molar-refractivity contribution in [1.29, 1.82) is 0 Å². The highest BCUT2D eigenvalue weighted by atomic mass is 32.2. The number of amides is 1. The average Bonchev–Trinajstić information content (AvgIpc) is 2.30. The molecule has 0 bridgehead atoms. The van der Waals surface area contributed by atoms with Gasteiger partial charge in [0, 0.05) is 13.1 Å². The Morgan fingerprint density at radius 1 is 1.44 bits per heavy atom. The third-order valence-electron chi connectivity index (χ3n) is 3.05. The van der Waals surface area contributed by atoms with E-state index in [9.17, 15) is 4.79 Å². The van der Waals surface area contributed by atoms with Gasteiger partial charge in [0.15, 0.2) is 0 Å². The predicted molar refractivity (Wildman–Crippen MR) is 70.8 cm³/mol. The molecule has 1 amide bonds. The van der Waals surface area contributed by atoms with Gasteiger partial charge in [0.1, 0.15) is 0 Å². The summed E-state index contributed by atoms with van der Waals surface area (Å²) < 4.78 is 0. The van der Waals surface area contributed by atoms with Crippen LogP contribution in [0.25, 0.3) is 0 Å². The zero-order chi connectivity index (χ0) is 11.8. The first kappa shape index (κ1) is 13.8.